The summed E-state index contributed by atoms with van der Waals surface area (Å²) in [6.45, 7) is 6.01. The van der Waals surface area contributed by atoms with Crippen LogP contribution in [0.2, 0.25) is 5.02 Å². The Morgan fingerprint density at radius 3 is 2.52 bits per heavy atom. The van der Waals surface area contributed by atoms with Crippen molar-refractivity contribution in [1.29, 1.82) is 0 Å². The van der Waals surface area contributed by atoms with Crippen molar-refractivity contribution in [2.75, 3.05) is 6.61 Å². The van der Waals surface area contributed by atoms with Crippen LogP contribution in [0.3, 0.4) is 0 Å². The molecule has 0 bridgehead atoms. The fraction of sp³-hybridized carbons (Fsp3) is 0.300. The Bertz CT molecular complexity index is 1210. The van der Waals surface area contributed by atoms with Gasteiger partial charge in [-0.15, -0.1) is 4.40 Å². The third-order valence-corrected chi connectivity index (χ3v) is 6.97. The Morgan fingerprint density at radius 2 is 1.90 bits per heavy atom. The van der Waals surface area contributed by atoms with Crippen molar-refractivity contribution in [2.45, 2.75) is 38.1 Å². The number of carbonyl (C=O) groups excluding carboxylic acids is 1. The highest BCUT2D eigenvalue weighted by Crippen LogP contribution is 2.24. The van der Waals surface area contributed by atoms with E-state index in [1.807, 2.05) is 18.2 Å². The van der Waals surface area contributed by atoms with Gasteiger partial charge in [0, 0.05) is 5.02 Å². The first-order valence-corrected chi connectivity index (χ1v) is 11.7. The maximum Gasteiger partial charge on any atom is 0.326 e. The van der Waals surface area contributed by atoms with Gasteiger partial charge in [0.1, 0.15) is 6.54 Å². The number of fused-ring (bicyclic) bond motifs is 1. The van der Waals surface area contributed by atoms with Gasteiger partial charge in [0.05, 0.1) is 21.7 Å². The Kier molecular flexibility index (Phi) is 6.45. The van der Waals surface area contributed by atoms with Crippen LogP contribution >= 0.6 is 22.9 Å². The molecule has 1 heterocycles. The molecule has 2 aromatic carbocycles. The van der Waals surface area contributed by atoms with E-state index in [1.54, 1.807) is 11.5 Å². The number of hydrogen-bond acceptors (Lipinski definition) is 5. The van der Waals surface area contributed by atoms with E-state index in [-0.39, 0.29) is 22.8 Å². The van der Waals surface area contributed by atoms with Gasteiger partial charge in [0.15, 0.2) is 0 Å². The van der Waals surface area contributed by atoms with Crippen LogP contribution in [-0.2, 0) is 26.1 Å². The Morgan fingerprint density at radius 1 is 1.21 bits per heavy atom. The average Bonchev–Trinajstić information content (AvgIpc) is 2.98. The normalized spacial score (nSPS) is 12.7. The molecule has 9 heteroatoms. The molecule has 0 radical (unpaired) electrons. The summed E-state index contributed by atoms with van der Waals surface area (Å²) >= 11 is 7.07. The van der Waals surface area contributed by atoms with Gasteiger partial charge in [-0.25, -0.2) is 0 Å². The number of ether oxygens (including phenoxy) is 1. The largest absolute Gasteiger partial charge is 0.465 e. The summed E-state index contributed by atoms with van der Waals surface area (Å²) in [4.78, 5) is 12.4. The lowest BCUT2D eigenvalue weighted by Gasteiger charge is -2.07. The predicted octanol–water partition coefficient (Wildman–Crippen LogP) is 4.33. The number of hydrogen-bond donors (Lipinski definition) is 0. The molecule has 0 spiro atoms. The summed E-state index contributed by atoms with van der Waals surface area (Å²) in [5.41, 5.74) is 1.85. The van der Waals surface area contributed by atoms with E-state index in [9.17, 15) is 13.2 Å². The molecule has 3 rings (SSSR count). The molecule has 0 amide bonds. The van der Waals surface area contributed by atoms with Crippen LogP contribution in [0, 0.1) is 0 Å². The second-order valence-electron chi connectivity index (χ2n) is 6.68. The van der Waals surface area contributed by atoms with Crippen molar-refractivity contribution in [3.05, 3.63) is 57.9 Å². The standard InChI is InChI=1S/C20H21ClN2O4S2/c1-4-27-19(24)12-23-17-10-5-14(13(2)3)11-18(17)28-20(23)22-29(25,26)16-8-6-15(21)7-9-16/h5-11,13H,4,12H2,1-3H3/b22-20-. The lowest BCUT2D eigenvalue weighted by Crippen LogP contribution is -2.23. The highest BCUT2D eigenvalue weighted by Gasteiger charge is 2.17. The third-order valence-electron chi connectivity index (χ3n) is 4.28. The lowest BCUT2D eigenvalue weighted by molar-refractivity contribution is -0.143. The molecule has 0 aliphatic rings. The molecule has 0 aliphatic carbocycles. The Balaban J connectivity index is 2.19. The Hall–Kier alpha value is -2.16. The molecule has 154 valence electrons. The minimum Gasteiger partial charge on any atom is -0.465 e. The van der Waals surface area contributed by atoms with Gasteiger partial charge in [0.25, 0.3) is 10.0 Å². The van der Waals surface area contributed by atoms with Crippen molar-refractivity contribution in [3.8, 4) is 0 Å². The number of carbonyl (C=O) groups is 1. The molecule has 0 saturated carbocycles. The molecule has 0 N–H and O–H groups in total. The summed E-state index contributed by atoms with van der Waals surface area (Å²) in [6, 6.07) is 11.7. The van der Waals surface area contributed by atoms with Gasteiger partial charge in [0.2, 0.25) is 4.80 Å². The minimum absolute atomic E-state index is 0.0323. The highest BCUT2D eigenvalue weighted by molar-refractivity contribution is 7.90. The third kappa shape index (κ3) is 4.88. The van der Waals surface area contributed by atoms with E-state index in [4.69, 9.17) is 16.3 Å². The molecule has 1 aromatic heterocycles. The van der Waals surface area contributed by atoms with E-state index in [0.717, 1.165) is 15.8 Å². The predicted molar refractivity (Wildman–Crippen MR) is 115 cm³/mol. The maximum atomic E-state index is 12.8. The quantitative estimate of drug-likeness (QED) is 0.521. The van der Waals surface area contributed by atoms with Crippen molar-refractivity contribution in [2.24, 2.45) is 4.40 Å². The second-order valence-corrected chi connectivity index (χ2v) is 9.73. The lowest BCUT2D eigenvalue weighted by atomic mass is 10.0. The van der Waals surface area contributed by atoms with E-state index in [1.165, 1.54) is 35.6 Å². The summed E-state index contributed by atoms with van der Waals surface area (Å²) in [5.74, 6) is -0.135. The molecule has 3 aromatic rings. The zero-order valence-corrected chi connectivity index (χ0v) is 18.6. The van der Waals surface area contributed by atoms with Crippen LogP contribution in [0.4, 0.5) is 0 Å². The topological polar surface area (TPSA) is 77.7 Å². The molecule has 6 nitrogen and oxygen atoms in total. The summed E-state index contributed by atoms with van der Waals surface area (Å²) in [5, 5.41) is 0.435. The maximum absolute atomic E-state index is 12.8. The average molecular weight is 453 g/mol. The van der Waals surface area contributed by atoms with Gasteiger partial charge in [-0.1, -0.05) is 42.9 Å². The SMILES string of the molecule is CCOC(=O)Cn1/c(=N/S(=O)(=O)c2ccc(Cl)cc2)sc2cc(C(C)C)ccc21. The second kappa shape index (κ2) is 8.69. The van der Waals surface area contributed by atoms with Crippen LogP contribution < -0.4 is 4.80 Å². The number of benzene rings is 2. The number of rotatable bonds is 6. The fourth-order valence-electron chi connectivity index (χ4n) is 2.77. The number of esters is 1. The van der Waals surface area contributed by atoms with E-state index in [0.29, 0.717) is 10.9 Å². The Labute approximate surface area is 178 Å². The zero-order chi connectivity index (χ0) is 21.2. The van der Waals surface area contributed by atoms with Gasteiger partial charge in [-0.2, -0.15) is 8.42 Å². The molecule has 0 saturated heterocycles. The minimum atomic E-state index is -3.97. The number of nitrogens with zero attached hydrogens (tertiary/aromatic N) is 2. The molecular formula is C20H21ClN2O4S2. The number of aromatic nitrogens is 1. The van der Waals surface area contributed by atoms with E-state index >= 15 is 0 Å². The van der Waals surface area contributed by atoms with Crippen molar-refractivity contribution < 1.29 is 17.9 Å². The van der Waals surface area contributed by atoms with Crippen LogP contribution in [0.1, 0.15) is 32.3 Å². The zero-order valence-electron chi connectivity index (χ0n) is 16.3. The first kappa shape index (κ1) is 21.5. The summed E-state index contributed by atoms with van der Waals surface area (Å²) < 4.78 is 37.1. The molecular weight excluding hydrogens is 432 g/mol. The van der Waals surface area contributed by atoms with Crippen molar-refractivity contribution >= 4 is 49.1 Å². The van der Waals surface area contributed by atoms with Crippen LogP contribution in [-0.4, -0.2) is 25.6 Å². The molecule has 0 atom stereocenters. The van der Waals surface area contributed by atoms with E-state index in [2.05, 4.69) is 18.2 Å². The van der Waals surface area contributed by atoms with Crippen LogP contribution in [0.5, 0.6) is 0 Å². The van der Waals surface area contributed by atoms with Crippen LogP contribution in [0.15, 0.2) is 51.8 Å². The monoisotopic (exact) mass is 452 g/mol. The van der Waals surface area contributed by atoms with Gasteiger partial charge in [-0.3, -0.25) is 4.79 Å². The first-order chi connectivity index (χ1) is 13.7. The van der Waals surface area contributed by atoms with E-state index < -0.39 is 16.0 Å². The van der Waals surface area contributed by atoms with Gasteiger partial charge < -0.3 is 9.30 Å². The molecule has 0 unspecified atom stereocenters. The van der Waals surface area contributed by atoms with Crippen molar-refractivity contribution in [3.63, 3.8) is 0 Å². The smallest absolute Gasteiger partial charge is 0.326 e. The van der Waals surface area contributed by atoms with Gasteiger partial charge >= 0.3 is 5.97 Å². The number of halogens is 1. The highest BCUT2D eigenvalue weighted by atomic mass is 35.5. The van der Waals surface area contributed by atoms with Crippen LogP contribution in [0.25, 0.3) is 10.2 Å². The molecule has 29 heavy (non-hydrogen) atoms. The fourth-order valence-corrected chi connectivity index (χ4v) is 5.18. The summed E-state index contributed by atoms with van der Waals surface area (Å²) in [6.07, 6.45) is 0. The van der Waals surface area contributed by atoms with Crippen molar-refractivity contribution in [1.82, 2.24) is 4.57 Å². The number of thiazole rings is 1. The van der Waals surface area contributed by atoms with Gasteiger partial charge in [-0.05, 0) is 54.8 Å². The number of sulfonamides is 1. The summed E-state index contributed by atoms with van der Waals surface area (Å²) in [7, 11) is -3.97. The first-order valence-electron chi connectivity index (χ1n) is 9.06. The molecule has 0 aliphatic heterocycles. The molecule has 0 fully saturated rings.